The van der Waals surface area contributed by atoms with Crippen LogP contribution in [0.5, 0.6) is 0 Å². The second-order valence-electron chi connectivity index (χ2n) is 2.62. The summed E-state index contributed by atoms with van der Waals surface area (Å²) in [4.78, 5) is 19.2. The van der Waals surface area contributed by atoms with E-state index in [1.165, 1.54) is 6.92 Å². The fraction of sp³-hybridized carbons (Fsp3) is 0.667. The van der Waals surface area contributed by atoms with Crippen LogP contribution in [0.2, 0.25) is 0 Å². The van der Waals surface area contributed by atoms with Gasteiger partial charge in [-0.2, -0.15) is 0 Å². The van der Waals surface area contributed by atoms with E-state index in [-0.39, 0.29) is 0 Å². The Kier molecular flexibility index (Phi) is 3.14. The van der Waals surface area contributed by atoms with Crippen molar-refractivity contribution in [1.82, 2.24) is 0 Å². The van der Waals surface area contributed by atoms with Crippen molar-refractivity contribution in [2.75, 3.05) is 0 Å². The molecule has 0 spiro atoms. The van der Waals surface area contributed by atoms with Gasteiger partial charge in [-0.05, 0) is 13.8 Å². The summed E-state index contributed by atoms with van der Waals surface area (Å²) < 4.78 is -1.69. The first kappa shape index (κ1) is 11.7. The van der Waals surface area contributed by atoms with Gasteiger partial charge >= 0.3 is 11.9 Å². The third-order valence-electron chi connectivity index (χ3n) is 1.68. The van der Waals surface area contributed by atoms with Crippen LogP contribution in [0, 0.1) is 0 Å². The molecule has 0 aromatic carbocycles. The van der Waals surface area contributed by atoms with Gasteiger partial charge in [0.25, 0.3) is 0 Å². The highest BCUT2D eigenvalue weighted by molar-refractivity contribution is 9.10. The highest BCUT2D eigenvalue weighted by atomic mass is 79.9. The number of hydrogen-bond donors (Lipinski definition) is 2. The minimum absolute atomic E-state index is 1.12. The Morgan fingerprint density at radius 2 is 1.58 bits per heavy atom. The fourth-order valence-electron chi connectivity index (χ4n) is 0.402. The van der Waals surface area contributed by atoms with E-state index in [1.54, 1.807) is 0 Å². The molecule has 4 nitrogen and oxygen atoms in total. The molecule has 0 rings (SSSR count). The first-order chi connectivity index (χ1) is 5.14. The van der Waals surface area contributed by atoms with Gasteiger partial charge in [0.05, 0.1) is 0 Å². The van der Waals surface area contributed by atoms with E-state index in [2.05, 4.69) is 15.9 Å². The Balaban J connectivity index is 5.01. The molecule has 0 fully saturated rings. The second-order valence-corrected chi connectivity index (χ2v) is 4.96. The SMILES string of the molecule is CC(Cl)(C(=O)O)C(C)(Br)C(=O)O. The average Bonchev–Trinajstić information content (AvgIpc) is 1.86. The van der Waals surface area contributed by atoms with Crippen LogP contribution in [0.3, 0.4) is 0 Å². The molecule has 6 heteroatoms. The van der Waals surface area contributed by atoms with Gasteiger partial charge in [-0.25, -0.2) is 0 Å². The second kappa shape index (κ2) is 3.22. The molecular weight excluding hydrogens is 251 g/mol. The number of halogens is 2. The summed E-state index contributed by atoms with van der Waals surface area (Å²) >= 11 is 8.29. The van der Waals surface area contributed by atoms with Gasteiger partial charge in [0.1, 0.15) is 4.32 Å². The molecule has 2 atom stereocenters. The maximum atomic E-state index is 10.6. The van der Waals surface area contributed by atoms with Gasteiger partial charge in [-0.3, -0.25) is 9.59 Å². The molecule has 0 aliphatic carbocycles. The van der Waals surface area contributed by atoms with Crippen molar-refractivity contribution in [2.24, 2.45) is 0 Å². The van der Waals surface area contributed by atoms with Crippen molar-refractivity contribution in [2.45, 2.75) is 23.0 Å². The molecule has 2 N–H and O–H groups in total. The van der Waals surface area contributed by atoms with Crippen molar-refractivity contribution in [1.29, 1.82) is 0 Å². The first-order valence-corrected chi connectivity index (χ1v) is 4.15. The molecule has 0 aliphatic rings. The summed E-state index contributed by atoms with van der Waals surface area (Å²) in [5.41, 5.74) is 0. The normalized spacial score (nSPS) is 20.7. The zero-order valence-corrected chi connectivity index (χ0v) is 8.81. The van der Waals surface area contributed by atoms with E-state index in [0.29, 0.717) is 0 Å². The molecule has 12 heavy (non-hydrogen) atoms. The largest absolute Gasteiger partial charge is 0.480 e. The molecule has 0 saturated carbocycles. The summed E-state index contributed by atoms with van der Waals surface area (Å²) in [6.07, 6.45) is 0. The van der Waals surface area contributed by atoms with Crippen molar-refractivity contribution < 1.29 is 19.8 Å². The molecule has 2 unspecified atom stereocenters. The standard InChI is InChI=1S/C6H8BrClO4/c1-5(7,3(9)10)6(2,8)4(11)12/h1-2H3,(H,9,10)(H,11,12). The number of carbonyl (C=O) groups is 2. The summed E-state index contributed by atoms with van der Waals surface area (Å²) in [7, 11) is 0. The summed E-state index contributed by atoms with van der Waals surface area (Å²) in [6, 6.07) is 0. The van der Waals surface area contributed by atoms with Crippen LogP contribution in [0.4, 0.5) is 0 Å². The quantitative estimate of drug-likeness (QED) is 0.749. The van der Waals surface area contributed by atoms with E-state index in [0.717, 1.165) is 6.92 Å². The Labute approximate surface area is 82.6 Å². The van der Waals surface area contributed by atoms with Crippen molar-refractivity contribution in [3.8, 4) is 0 Å². The molecule has 0 aromatic rings. The third kappa shape index (κ3) is 1.72. The molecule has 0 saturated heterocycles. The Morgan fingerprint density at radius 1 is 1.25 bits per heavy atom. The molecule has 0 heterocycles. The maximum absolute atomic E-state index is 10.6. The predicted molar refractivity (Wildman–Crippen MR) is 46.9 cm³/mol. The van der Waals surface area contributed by atoms with E-state index in [4.69, 9.17) is 21.8 Å². The van der Waals surface area contributed by atoms with Crippen molar-refractivity contribution in [3.63, 3.8) is 0 Å². The lowest BCUT2D eigenvalue weighted by Crippen LogP contribution is -2.52. The Morgan fingerprint density at radius 3 is 1.67 bits per heavy atom. The minimum Gasteiger partial charge on any atom is -0.480 e. The Bertz CT molecular complexity index is 200. The fourth-order valence-corrected chi connectivity index (χ4v) is 0.652. The molecular formula is C6H8BrClO4. The van der Waals surface area contributed by atoms with Crippen LogP contribution >= 0.6 is 27.5 Å². The molecule has 0 amide bonds. The lowest BCUT2D eigenvalue weighted by atomic mass is 9.95. The Hall–Kier alpha value is -0.290. The molecule has 70 valence electrons. The molecule has 0 aliphatic heterocycles. The smallest absolute Gasteiger partial charge is 0.326 e. The van der Waals surface area contributed by atoms with Crippen LogP contribution in [0.15, 0.2) is 0 Å². The molecule has 0 bridgehead atoms. The van der Waals surface area contributed by atoms with Gasteiger partial charge in [0.15, 0.2) is 4.87 Å². The zero-order valence-electron chi connectivity index (χ0n) is 6.47. The van der Waals surface area contributed by atoms with Crippen LogP contribution in [0.1, 0.15) is 13.8 Å². The monoisotopic (exact) mass is 258 g/mol. The number of alkyl halides is 2. The predicted octanol–water partition coefficient (Wildman–Crippen LogP) is 1.31. The number of rotatable bonds is 3. The summed E-state index contributed by atoms with van der Waals surface area (Å²) in [6.45, 7) is 2.32. The highest BCUT2D eigenvalue weighted by Crippen LogP contribution is 2.37. The third-order valence-corrected chi connectivity index (χ3v) is 3.59. The first-order valence-electron chi connectivity index (χ1n) is 2.98. The number of carboxylic acid groups (broad SMARTS) is 2. The lowest BCUT2D eigenvalue weighted by Gasteiger charge is -2.29. The maximum Gasteiger partial charge on any atom is 0.326 e. The molecule has 0 radical (unpaired) electrons. The van der Waals surface area contributed by atoms with Crippen molar-refractivity contribution >= 4 is 39.5 Å². The van der Waals surface area contributed by atoms with Crippen molar-refractivity contribution in [3.05, 3.63) is 0 Å². The lowest BCUT2D eigenvalue weighted by molar-refractivity contribution is -0.148. The van der Waals surface area contributed by atoms with Gasteiger partial charge in [0, 0.05) is 0 Å². The van der Waals surface area contributed by atoms with E-state index in [1.807, 2.05) is 0 Å². The number of hydrogen-bond acceptors (Lipinski definition) is 2. The highest BCUT2D eigenvalue weighted by Gasteiger charge is 2.53. The van der Waals surface area contributed by atoms with Gasteiger partial charge in [-0.15, -0.1) is 11.6 Å². The van der Waals surface area contributed by atoms with Gasteiger partial charge < -0.3 is 10.2 Å². The topological polar surface area (TPSA) is 74.6 Å². The van der Waals surface area contributed by atoms with Crippen LogP contribution in [-0.2, 0) is 9.59 Å². The van der Waals surface area contributed by atoms with Crippen LogP contribution in [0.25, 0.3) is 0 Å². The van der Waals surface area contributed by atoms with E-state index < -0.39 is 21.1 Å². The van der Waals surface area contributed by atoms with Gasteiger partial charge in [0.2, 0.25) is 0 Å². The van der Waals surface area contributed by atoms with E-state index in [9.17, 15) is 9.59 Å². The van der Waals surface area contributed by atoms with E-state index >= 15 is 0 Å². The van der Waals surface area contributed by atoms with Crippen LogP contribution < -0.4 is 0 Å². The number of carboxylic acids is 2. The zero-order chi connectivity index (χ0) is 10.2. The summed E-state index contributed by atoms with van der Waals surface area (Å²) in [5.74, 6) is -2.70. The minimum atomic E-state index is -1.88. The molecule has 0 aromatic heterocycles. The summed E-state index contributed by atoms with van der Waals surface area (Å²) in [5, 5.41) is 17.2. The average molecular weight is 259 g/mol. The van der Waals surface area contributed by atoms with Gasteiger partial charge in [-0.1, -0.05) is 15.9 Å². The van der Waals surface area contributed by atoms with Crippen LogP contribution in [-0.4, -0.2) is 31.4 Å². The number of aliphatic carboxylic acids is 2.